The Hall–Kier alpha value is -0.520. The van der Waals surface area contributed by atoms with E-state index in [1.54, 1.807) is 0 Å². The minimum atomic E-state index is -4.10. The lowest BCUT2D eigenvalue weighted by Crippen LogP contribution is -2.34. The Morgan fingerprint density at radius 1 is 1.46 bits per heavy atom. The highest BCUT2D eigenvalue weighted by molar-refractivity contribution is 7.86. The lowest BCUT2D eigenvalue weighted by atomic mass is 10.3. The molecule has 1 N–H and O–H groups in total. The van der Waals surface area contributed by atoms with Crippen LogP contribution in [0.15, 0.2) is 0 Å². The van der Waals surface area contributed by atoms with Crippen LogP contribution in [-0.4, -0.2) is 26.3 Å². The molecule has 0 radical (unpaired) electrons. The Morgan fingerprint density at radius 3 is 2.38 bits per heavy atom. The number of unbranched alkanes of at least 4 members (excludes halogenated alkanes) is 2. The summed E-state index contributed by atoms with van der Waals surface area (Å²) in [5.74, 6) is -2.57. The summed E-state index contributed by atoms with van der Waals surface area (Å²) in [5.41, 5.74) is 0. The van der Waals surface area contributed by atoms with Crippen molar-refractivity contribution < 1.29 is 22.9 Å². The van der Waals surface area contributed by atoms with Gasteiger partial charge in [-0.3, -0.25) is 4.21 Å². The fraction of sp³-hybridized carbons (Fsp3) is 0.857. The first-order valence-electron chi connectivity index (χ1n) is 3.92. The fourth-order valence-corrected chi connectivity index (χ4v) is 1.63. The average Bonchev–Trinajstić information content (AvgIpc) is 2.04. The molecule has 0 aliphatic carbocycles. The third-order valence-corrected chi connectivity index (χ3v) is 2.87. The van der Waals surface area contributed by atoms with Gasteiger partial charge in [0.1, 0.15) is 10.8 Å². The van der Waals surface area contributed by atoms with E-state index in [-0.39, 0.29) is 5.75 Å². The fourth-order valence-electron chi connectivity index (χ4n) is 0.709. The van der Waals surface area contributed by atoms with Gasteiger partial charge in [-0.25, -0.2) is 4.79 Å². The van der Waals surface area contributed by atoms with Gasteiger partial charge in [-0.1, -0.05) is 19.8 Å². The molecule has 0 aromatic rings. The molecule has 0 aliphatic heterocycles. The standard InChI is InChI=1S/C7H12F2O3S/c1-2-3-4-5-13(12)7(8,9)6(10)11/h2-5H2,1H3,(H,10,11). The smallest absolute Gasteiger partial charge is 0.415 e. The Balaban J connectivity index is 4.03. The van der Waals surface area contributed by atoms with E-state index in [2.05, 4.69) is 0 Å². The SMILES string of the molecule is CCCCCS(=O)C(F)(F)C(=O)O. The molecule has 0 saturated carbocycles. The molecule has 78 valence electrons. The van der Waals surface area contributed by atoms with Crippen LogP contribution in [0.2, 0.25) is 0 Å². The van der Waals surface area contributed by atoms with Crippen LogP contribution in [0, 0.1) is 0 Å². The number of hydrogen-bond donors (Lipinski definition) is 1. The molecule has 0 bridgehead atoms. The highest BCUT2D eigenvalue weighted by atomic mass is 32.2. The van der Waals surface area contributed by atoms with Crippen LogP contribution in [-0.2, 0) is 15.6 Å². The van der Waals surface area contributed by atoms with Crippen LogP contribution >= 0.6 is 0 Å². The summed E-state index contributed by atoms with van der Waals surface area (Å²) in [6.45, 7) is 1.87. The number of hydrogen-bond acceptors (Lipinski definition) is 2. The Morgan fingerprint density at radius 2 is 2.00 bits per heavy atom. The summed E-state index contributed by atoms with van der Waals surface area (Å²) in [6, 6.07) is 0. The van der Waals surface area contributed by atoms with Crippen LogP contribution in [0.1, 0.15) is 26.2 Å². The molecule has 1 unspecified atom stereocenters. The lowest BCUT2D eigenvalue weighted by Gasteiger charge is -2.09. The molecule has 6 heteroatoms. The van der Waals surface area contributed by atoms with Gasteiger partial charge in [-0.15, -0.1) is 0 Å². The minimum Gasteiger partial charge on any atom is -0.476 e. The van der Waals surface area contributed by atoms with Crippen molar-refractivity contribution in [2.75, 3.05) is 5.75 Å². The van der Waals surface area contributed by atoms with Gasteiger partial charge >= 0.3 is 11.2 Å². The molecule has 0 fully saturated rings. The van der Waals surface area contributed by atoms with Gasteiger partial charge in [0.15, 0.2) is 0 Å². The van der Waals surface area contributed by atoms with E-state index in [9.17, 15) is 17.8 Å². The zero-order chi connectivity index (χ0) is 10.5. The molecule has 0 rings (SSSR count). The Kier molecular flexibility index (Phi) is 5.05. The minimum absolute atomic E-state index is 0.257. The van der Waals surface area contributed by atoms with Crippen molar-refractivity contribution in [3.63, 3.8) is 0 Å². The van der Waals surface area contributed by atoms with E-state index in [0.29, 0.717) is 12.8 Å². The van der Waals surface area contributed by atoms with Crippen molar-refractivity contribution in [1.29, 1.82) is 0 Å². The van der Waals surface area contributed by atoms with Gasteiger partial charge in [0.05, 0.1) is 0 Å². The average molecular weight is 214 g/mol. The van der Waals surface area contributed by atoms with Gasteiger partial charge in [0.25, 0.3) is 0 Å². The number of carbonyl (C=O) groups is 1. The monoisotopic (exact) mass is 214 g/mol. The zero-order valence-electron chi connectivity index (χ0n) is 7.26. The maximum Gasteiger partial charge on any atom is 0.415 e. The normalized spacial score (nSPS) is 14.1. The van der Waals surface area contributed by atoms with Crippen molar-refractivity contribution in [1.82, 2.24) is 0 Å². The number of carboxylic acids is 1. The lowest BCUT2D eigenvalue weighted by molar-refractivity contribution is -0.153. The maximum absolute atomic E-state index is 12.5. The molecule has 0 aromatic heterocycles. The first-order valence-corrected chi connectivity index (χ1v) is 5.24. The van der Waals surface area contributed by atoms with Crippen molar-refractivity contribution in [2.45, 2.75) is 31.4 Å². The van der Waals surface area contributed by atoms with Crippen LogP contribution in [0.3, 0.4) is 0 Å². The Bertz CT molecular complexity index is 206. The van der Waals surface area contributed by atoms with E-state index < -0.39 is 22.0 Å². The molecular formula is C7H12F2O3S. The summed E-state index contributed by atoms with van der Waals surface area (Å²) in [4.78, 5) is 9.95. The van der Waals surface area contributed by atoms with Crippen molar-refractivity contribution >= 4 is 16.8 Å². The van der Waals surface area contributed by atoms with Gasteiger partial charge in [0, 0.05) is 5.75 Å². The maximum atomic E-state index is 12.5. The van der Waals surface area contributed by atoms with E-state index >= 15 is 0 Å². The van der Waals surface area contributed by atoms with E-state index in [1.807, 2.05) is 6.92 Å². The number of aliphatic carboxylic acids is 1. The zero-order valence-corrected chi connectivity index (χ0v) is 8.07. The van der Waals surface area contributed by atoms with Crippen LogP contribution in [0.25, 0.3) is 0 Å². The molecule has 0 aliphatic rings. The number of halogens is 2. The molecule has 0 spiro atoms. The molecule has 13 heavy (non-hydrogen) atoms. The quantitative estimate of drug-likeness (QED) is 0.683. The number of carboxylic acid groups (broad SMARTS) is 1. The number of alkyl halides is 2. The summed E-state index contributed by atoms with van der Waals surface area (Å²) in [7, 11) is -2.59. The molecule has 0 saturated heterocycles. The van der Waals surface area contributed by atoms with Gasteiger partial charge in [-0.05, 0) is 6.42 Å². The second-order valence-electron chi connectivity index (χ2n) is 2.58. The van der Waals surface area contributed by atoms with Crippen molar-refractivity contribution in [3.8, 4) is 0 Å². The first kappa shape index (κ1) is 12.5. The summed E-state index contributed by atoms with van der Waals surface area (Å²) >= 11 is 0. The van der Waals surface area contributed by atoms with E-state index in [4.69, 9.17) is 5.11 Å². The van der Waals surface area contributed by atoms with Crippen molar-refractivity contribution in [3.05, 3.63) is 0 Å². The highest BCUT2D eigenvalue weighted by Gasteiger charge is 2.45. The summed E-state index contributed by atoms with van der Waals surface area (Å²) < 4.78 is 35.7. The van der Waals surface area contributed by atoms with Crippen LogP contribution in [0.5, 0.6) is 0 Å². The van der Waals surface area contributed by atoms with Crippen LogP contribution in [0.4, 0.5) is 8.78 Å². The van der Waals surface area contributed by atoms with Gasteiger partial charge in [-0.2, -0.15) is 8.78 Å². The predicted octanol–water partition coefficient (Wildman–Crippen LogP) is 1.60. The summed E-state index contributed by atoms with van der Waals surface area (Å²) in [5, 5.41) is 3.92. The largest absolute Gasteiger partial charge is 0.476 e. The molecule has 3 nitrogen and oxygen atoms in total. The van der Waals surface area contributed by atoms with Crippen LogP contribution < -0.4 is 0 Å². The van der Waals surface area contributed by atoms with Gasteiger partial charge in [0.2, 0.25) is 0 Å². The highest BCUT2D eigenvalue weighted by Crippen LogP contribution is 2.19. The molecule has 1 atom stereocenters. The van der Waals surface area contributed by atoms with Gasteiger partial charge < -0.3 is 5.11 Å². The number of rotatable bonds is 6. The third kappa shape index (κ3) is 3.80. The van der Waals surface area contributed by atoms with E-state index in [0.717, 1.165) is 6.42 Å². The first-order chi connectivity index (χ1) is 5.92. The second-order valence-corrected chi connectivity index (χ2v) is 4.19. The molecule has 0 amide bonds. The molecular weight excluding hydrogens is 202 g/mol. The second kappa shape index (κ2) is 5.26. The summed E-state index contributed by atoms with van der Waals surface area (Å²) in [6.07, 6.45) is 1.86. The van der Waals surface area contributed by atoms with Crippen molar-refractivity contribution in [2.24, 2.45) is 0 Å². The molecule has 0 aromatic carbocycles. The third-order valence-electron chi connectivity index (χ3n) is 1.47. The Labute approximate surface area is 77.6 Å². The topological polar surface area (TPSA) is 54.4 Å². The molecule has 0 heterocycles. The predicted molar refractivity (Wildman–Crippen MR) is 45.1 cm³/mol. The van der Waals surface area contributed by atoms with E-state index in [1.165, 1.54) is 0 Å².